The van der Waals surface area contributed by atoms with E-state index >= 15 is 0 Å². The first-order valence-electron chi connectivity index (χ1n) is 18.2. The van der Waals surface area contributed by atoms with Gasteiger partial charge in [-0.1, -0.05) is 80.1 Å². The molecule has 3 rings (SSSR count). The average Bonchev–Trinajstić information content (AvgIpc) is 3.69. The van der Waals surface area contributed by atoms with Crippen LogP contribution in [0.3, 0.4) is 0 Å². The molecule has 0 unspecified atom stereocenters. The number of aromatic nitrogens is 6. The lowest BCUT2D eigenvalue weighted by Crippen LogP contribution is -2.32. The third-order valence-corrected chi connectivity index (χ3v) is 8.15. The van der Waals surface area contributed by atoms with Crippen molar-refractivity contribution in [3.05, 3.63) is 54.7 Å². The molecule has 0 aliphatic carbocycles. The van der Waals surface area contributed by atoms with Crippen LogP contribution >= 0.6 is 7.82 Å². The van der Waals surface area contributed by atoms with Gasteiger partial charge in [0.25, 0.3) is 17.5 Å². The highest BCUT2D eigenvalue weighted by Gasteiger charge is 2.14. The van der Waals surface area contributed by atoms with E-state index in [9.17, 15) is 0 Å². The molecule has 0 aliphatic heterocycles. The zero-order chi connectivity index (χ0) is 35.7. The lowest BCUT2D eigenvalue weighted by Gasteiger charge is -2.36. The number of aryl methyl sites for hydroxylation is 6. The number of hydrogen-bond donors (Lipinski definition) is 0. The summed E-state index contributed by atoms with van der Waals surface area (Å²) >= 11 is 0. The maximum Gasteiger partial charge on any atom is 0.256 e. The third-order valence-electron chi connectivity index (χ3n) is 8.15. The zero-order valence-electron chi connectivity index (χ0n) is 31.5. The predicted molar refractivity (Wildman–Crippen MR) is 185 cm³/mol. The van der Waals surface area contributed by atoms with Crippen molar-refractivity contribution in [2.45, 2.75) is 157 Å². The quantitative estimate of drug-likeness (QED) is 0.145. The van der Waals surface area contributed by atoms with Crippen molar-refractivity contribution >= 4 is 7.82 Å². The van der Waals surface area contributed by atoms with E-state index in [1.54, 1.807) is 0 Å². The number of phosphoric acid groups is 1. The van der Waals surface area contributed by atoms with Gasteiger partial charge in [0.2, 0.25) is 0 Å². The number of nitrogens with zero attached hydrogens (tertiary/aromatic N) is 6. The van der Waals surface area contributed by atoms with Crippen LogP contribution in [0.4, 0.5) is 0 Å². The third kappa shape index (κ3) is 20.7. The molecule has 0 saturated heterocycles. The summed E-state index contributed by atoms with van der Waals surface area (Å²) in [6.45, 7) is 17.0. The molecule has 10 nitrogen and oxygen atoms in total. The molecular formula is C36H69N6O4P. The minimum Gasteiger partial charge on any atom is -0.822 e. The molecule has 47 heavy (non-hydrogen) atoms. The van der Waals surface area contributed by atoms with Gasteiger partial charge in [-0.3, -0.25) is 0 Å². The summed E-state index contributed by atoms with van der Waals surface area (Å²) in [6, 6.07) is 0. The summed E-state index contributed by atoms with van der Waals surface area (Å²) < 4.78 is 22.5. The van der Waals surface area contributed by atoms with Crippen LogP contribution in [0.1, 0.15) is 136 Å². The van der Waals surface area contributed by atoms with E-state index in [4.69, 9.17) is 19.2 Å². The summed E-state index contributed by atoms with van der Waals surface area (Å²) in [4.78, 5) is 25.6. The molecule has 3 heterocycles. The number of imidazole rings is 3. The Morgan fingerprint density at radius 1 is 0.489 bits per heavy atom. The fourth-order valence-corrected chi connectivity index (χ4v) is 5.23. The minimum atomic E-state index is -5.39. The fraction of sp³-hybridized carbons (Fsp3) is 0.750. The SMILES string of the molecule is CCCCc1n(CCCC)cc[n+]1C.CCCCc1n(CCCC)cc[n+]1C.CCCCc1n(CCCC)cc[n+]1C.O=P([O-])([O-])[O-]. The molecule has 0 amide bonds. The number of hydrogen-bond acceptors (Lipinski definition) is 4. The summed E-state index contributed by atoms with van der Waals surface area (Å²) in [5.41, 5.74) is 0. The monoisotopic (exact) mass is 681 g/mol. The normalized spacial score (nSPS) is 10.9. The second-order valence-corrected chi connectivity index (χ2v) is 13.3. The molecule has 0 N–H and O–H groups in total. The van der Waals surface area contributed by atoms with Crippen molar-refractivity contribution in [3.63, 3.8) is 0 Å². The molecule has 0 radical (unpaired) electrons. The number of rotatable bonds is 18. The molecule has 0 aliphatic rings. The smallest absolute Gasteiger partial charge is 0.256 e. The van der Waals surface area contributed by atoms with Gasteiger partial charge in [-0.05, 0) is 38.5 Å². The van der Waals surface area contributed by atoms with Gasteiger partial charge in [-0.25, -0.2) is 27.4 Å². The lowest BCUT2D eigenvalue weighted by molar-refractivity contribution is -0.679. The van der Waals surface area contributed by atoms with Crippen LogP contribution < -0.4 is 28.4 Å². The maximum atomic E-state index is 8.55. The largest absolute Gasteiger partial charge is 0.822 e. The highest BCUT2D eigenvalue weighted by molar-refractivity contribution is 7.40. The topological polar surface area (TPSA) is 113 Å². The van der Waals surface area contributed by atoms with E-state index in [1.165, 1.54) is 133 Å². The first-order valence-corrected chi connectivity index (χ1v) is 19.7. The van der Waals surface area contributed by atoms with Gasteiger partial charge in [0.15, 0.2) is 0 Å². The molecule has 3 aromatic rings. The molecular weight excluding hydrogens is 611 g/mol. The van der Waals surface area contributed by atoms with Crippen LogP contribution in [0.5, 0.6) is 0 Å². The van der Waals surface area contributed by atoms with Gasteiger partial charge < -0.3 is 19.2 Å². The van der Waals surface area contributed by atoms with E-state index in [0.717, 1.165) is 0 Å². The summed E-state index contributed by atoms with van der Waals surface area (Å²) in [6.07, 6.45) is 32.2. The summed E-state index contributed by atoms with van der Waals surface area (Å²) in [5, 5.41) is 0. The Morgan fingerprint density at radius 2 is 0.702 bits per heavy atom. The second kappa shape index (κ2) is 26.7. The summed E-state index contributed by atoms with van der Waals surface area (Å²) in [7, 11) is 1.05. The first-order chi connectivity index (χ1) is 22.4. The molecule has 0 bridgehead atoms. The van der Waals surface area contributed by atoms with Crippen LogP contribution in [-0.4, -0.2) is 13.7 Å². The van der Waals surface area contributed by atoms with Gasteiger partial charge in [0.05, 0.1) is 40.8 Å². The molecule has 0 aromatic carbocycles. The first kappa shape index (κ1) is 44.7. The molecule has 3 aromatic heterocycles. The predicted octanol–water partition coefficient (Wildman–Crippen LogP) is 4.54. The van der Waals surface area contributed by atoms with Crippen LogP contribution in [0.15, 0.2) is 37.2 Å². The van der Waals surface area contributed by atoms with Gasteiger partial charge >= 0.3 is 0 Å². The molecule has 0 spiro atoms. The van der Waals surface area contributed by atoms with Gasteiger partial charge in [0.1, 0.15) is 37.2 Å². The second-order valence-electron chi connectivity index (χ2n) is 12.4. The van der Waals surface area contributed by atoms with Crippen LogP contribution in [0.2, 0.25) is 0 Å². The highest BCUT2D eigenvalue weighted by atomic mass is 31.2. The number of unbranched alkanes of at least 4 members (excludes halogenated alkanes) is 6. The van der Waals surface area contributed by atoms with Crippen molar-refractivity contribution in [1.82, 2.24) is 13.7 Å². The van der Waals surface area contributed by atoms with E-state index in [1.807, 2.05) is 0 Å². The Bertz CT molecular complexity index is 1090. The minimum absolute atomic E-state index is 1.18. The maximum absolute atomic E-state index is 8.55. The van der Waals surface area contributed by atoms with Crippen molar-refractivity contribution in [2.75, 3.05) is 0 Å². The van der Waals surface area contributed by atoms with Crippen molar-refractivity contribution in [2.24, 2.45) is 21.1 Å². The Balaban J connectivity index is 0.000000629. The fourth-order valence-electron chi connectivity index (χ4n) is 5.23. The zero-order valence-corrected chi connectivity index (χ0v) is 32.3. The molecule has 0 atom stereocenters. The van der Waals surface area contributed by atoms with E-state index in [2.05, 4.69) is 127 Å². The Hall–Kier alpha value is -2.26. The molecule has 0 saturated carbocycles. The van der Waals surface area contributed by atoms with E-state index < -0.39 is 7.82 Å². The van der Waals surface area contributed by atoms with E-state index in [0.29, 0.717) is 0 Å². The Labute approximate surface area is 287 Å². The van der Waals surface area contributed by atoms with Crippen LogP contribution in [-0.2, 0) is 64.6 Å². The molecule has 0 fully saturated rings. The van der Waals surface area contributed by atoms with Gasteiger partial charge in [-0.2, -0.15) is 7.82 Å². The standard InChI is InChI=1S/3C12H23N2.H3O4P/c3*1-4-6-8-12-13(3)10-11-14(12)9-7-5-2;1-5(2,3)4/h3*10-11H,4-9H2,1-3H3;(H3,1,2,3,4)/q3*+1;/p-3. The lowest BCUT2D eigenvalue weighted by atomic mass is 10.2. The molecule has 11 heteroatoms. The van der Waals surface area contributed by atoms with Crippen molar-refractivity contribution in [1.29, 1.82) is 0 Å². The molecule has 272 valence electrons. The van der Waals surface area contributed by atoms with E-state index in [-0.39, 0.29) is 0 Å². The van der Waals surface area contributed by atoms with Crippen LogP contribution in [0, 0.1) is 0 Å². The Morgan fingerprint density at radius 3 is 0.894 bits per heavy atom. The van der Waals surface area contributed by atoms with Crippen LogP contribution in [0.25, 0.3) is 0 Å². The van der Waals surface area contributed by atoms with Gasteiger partial charge in [0, 0.05) is 19.3 Å². The average molecular weight is 681 g/mol. The Kier molecular flexibility index (Phi) is 25.4. The van der Waals surface area contributed by atoms with Crippen molar-refractivity contribution in [3.8, 4) is 0 Å². The van der Waals surface area contributed by atoms with Crippen molar-refractivity contribution < 1.29 is 32.9 Å². The summed E-state index contributed by atoms with van der Waals surface area (Å²) in [5.74, 6) is 4.42. The highest BCUT2D eigenvalue weighted by Crippen LogP contribution is 2.06. The van der Waals surface area contributed by atoms with Gasteiger partial charge in [-0.15, -0.1) is 0 Å².